The van der Waals surface area contributed by atoms with Gasteiger partial charge in [-0.15, -0.1) is 0 Å². The minimum atomic E-state index is -0.701. The fourth-order valence-corrected chi connectivity index (χ4v) is 2.44. The van der Waals surface area contributed by atoms with E-state index < -0.39 is 6.10 Å². The fraction of sp³-hybridized carbons (Fsp3) is 0.500. The highest BCUT2D eigenvalue weighted by Gasteiger charge is 2.20. The number of aliphatic hydroxyl groups is 1. The smallest absolute Gasteiger partial charge is 0.125 e. The van der Waals surface area contributed by atoms with Crippen LogP contribution in [0.4, 0.5) is 0 Å². The van der Waals surface area contributed by atoms with Gasteiger partial charge in [0.1, 0.15) is 6.10 Å². The van der Waals surface area contributed by atoms with Crippen LogP contribution in [0, 0.1) is 0 Å². The molecular weight excluding hydrogens is 296 g/mol. The molecule has 1 atom stereocenters. The van der Waals surface area contributed by atoms with Crippen molar-refractivity contribution < 1.29 is 5.11 Å². The monoisotopic (exact) mass is 312 g/mol. The van der Waals surface area contributed by atoms with Crippen LogP contribution in [0.2, 0.25) is 0 Å². The van der Waals surface area contributed by atoms with Gasteiger partial charge < -0.3 is 5.11 Å². The highest BCUT2D eigenvalue weighted by atomic mass is 79.9. The molecule has 98 valence electrons. The van der Waals surface area contributed by atoms with Crippen molar-refractivity contribution in [2.75, 3.05) is 0 Å². The van der Waals surface area contributed by atoms with Gasteiger partial charge >= 0.3 is 0 Å². The van der Waals surface area contributed by atoms with Crippen molar-refractivity contribution in [1.29, 1.82) is 0 Å². The first-order chi connectivity index (χ1) is 8.67. The maximum absolute atomic E-state index is 10.4. The topological polar surface area (TPSA) is 55.9 Å². The number of aryl methyl sites for hydroxylation is 2. The number of nitrogens with zero attached hydrogens (tertiary/aromatic N) is 4. The van der Waals surface area contributed by atoms with Crippen molar-refractivity contribution in [3.8, 4) is 0 Å². The molecule has 0 amide bonds. The summed E-state index contributed by atoms with van der Waals surface area (Å²) in [5, 5.41) is 18.9. The van der Waals surface area contributed by atoms with Crippen molar-refractivity contribution in [2.45, 2.75) is 39.5 Å². The van der Waals surface area contributed by atoms with Gasteiger partial charge in [-0.1, -0.05) is 6.92 Å². The quantitative estimate of drug-likeness (QED) is 0.922. The van der Waals surface area contributed by atoms with E-state index >= 15 is 0 Å². The lowest BCUT2D eigenvalue weighted by Gasteiger charge is -2.11. The zero-order valence-corrected chi connectivity index (χ0v) is 12.1. The van der Waals surface area contributed by atoms with Crippen molar-refractivity contribution >= 4 is 15.9 Å². The number of hydrogen-bond acceptors (Lipinski definition) is 3. The summed E-state index contributed by atoms with van der Waals surface area (Å²) in [6.07, 6.45) is 5.62. The zero-order valence-electron chi connectivity index (χ0n) is 10.5. The molecular formula is C12H17BrN4O. The molecule has 2 rings (SSSR count). The van der Waals surface area contributed by atoms with Gasteiger partial charge in [-0.05, 0) is 29.3 Å². The molecule has 0 spiro atoms. The van der Waals surface area contributed by atoms with Crippen LogP contribution in [0.1, 0.15) is 37.6 Å². The lowest BCUT2D eigenvalue weighted by Crippen LogP contribution is -2.09. The molecule has 0 aliphatic heterocycles. The van der Waals surface area contributed by atoms with Gasteiger partial charge in [-0.3, -0.25) is 9.36 Å². The Hall–Kier alpha value is -1.14. The molecule has 1 N–H and O–H groups in total. The molecule has 0 aromatic carbocycles. The minimum Gasteiger partial charge on any atom is -0.382 e. The van der Waals surface area contributed by atoms with E-state index in [0.717, 1.165) is 35.2 Å². The Labute approximate surface area is 115 Å². The third-order valence-electron chi connectivity index (χ3n) is 2.81. The summed E-state index contributed by atoms with van der Waals surface area (Å²) in [6.45, 7) is 5.68. The molecule has 2 heterocycles. The van der Waals surface area contributed by atoms with Gasteiger partial charge in [0.15, 0.2) is 0 Å². The largest absolute Gasteiger partial charge is 0.382 e. The van der Waals surface area contributed by atoms with Crippen LogP contribution in [0.15, 0.2) is 23.1 Å². The molecule has 0 fully saturated rings. The van der Waals surface area contributed by atoms with Crippen LogP contribution < -0.4 is 0 Å². The number of aliphatic hydroxyl groups excluding tert-OH is 1. The van der Waals surface area contributed by atoms with E-state index in [-0.39, 0.29) is 0 Å². The molecule has 2 aromatic heterocycles. The van der Waals surface area contributed by atoms with Gasteiger partial charge in [0.05, 0.1) is 22.6 Å². The Kier molecular flexibility index (Phi) is 4.19. The average Bonchev–Trinajstić information content (AvgIpc) is 2.95. The lowest BCUT2D eigenvalue weighted by molar-refractivity contribution is 0.207. The standard InChI is InChI=1S/C12H17BrN4O/c1-3-5-16-8-9(6-14-16)12(18)11-10(13)7-15-17(11)4-2/h6-8,12,18H,3-5H2,1-2H3. The van der Waals surface area contributed by atoms with Crippen LogP contribution >= 0.6 is 15.9 Å². The summed E-state index contributed by atoms with van der Waals surface area (Å²) in [5.74, 6) is 0. The van der Waals surface area contributed by atoms with Crippen LogP contribution in [-0.4, -0.2) is 24.7 Å². The van der Waals surface area contributed by atoms with Crippen LogP contribution in [0.25, 0.3) is 0 Å². The third-order valence-corrected chi connectivity index (χ3v) is 3.42. The highest BCUT2D eigenvalue weighted by Crippen LogP contribution is 2.28. The molecule has 18 heavy (non-hydrogen) atoms. The second-order valence-electron chi connectivity index (χ2n) is 4.13. The number of aromatic nitrogens is 4. The molecule has 0 bridgehead atoms. The Morgan fingerprint density at radius 3 is 2.78 bits per heavy atom. The van der Waals surface area contributed by atoms with Crippen LogP contribution in [0.3, 0.4) is 0 Å². The van der Waals surface area contributed by atoms with E-state index in [1.54, 1.807) is 17.1 Å². The third kappa shape index (κ3) is 2.49. The SMILES string of the molecule is CCCn1cc(C(O)c2c(Br)cnn2CC)cn1. The van der Waals surface area contributed by atoms with Gasteiger partial charge in [-0.25, -0.2) is 0 Å². The van der Waals surface area contributed by atoms with Crippen molar-refractivity contribution in [3.63, 3.8) is 0 Å². The molecule has 2 aromatic rings. The Balaban J connectivity index is 2.28. The second kappa shape index (κ2) is 5.67. The van der Waals surface area contributed by atoms with Crippen molar-refractivity contribution in [2.24, 2.45) is 0 Å². The first-order valence-corrected chi connectivity index (χ1v) is 6.88. The second-order valence-corrected chi connectivity index (χ2v) is 4.99. The fourth-order valence-electron chi connectivity index (χ4n) is 1.93. The van der Waals surface area contributed by atoms with E-state index in [1.165, 1.54) is 0 Å². The summed E-state index contributed by atoms with van der Waals surface area (Å²) in [7, 11) is 0. The van der Waals surface area contributed by atoms with Crippen LogP contribution in [0.5, 0.6) is 0 Å². The van der Waals surface area contributed by atoms with Gasteiger partial charge in [0.25, 0.3) is 0 Å². The molecule has 1 unspecified atom stereocenters. The summed E-state index contributed by atoms with van der Waals surface area (Å²) in [6, 6.07) is 0. The van der Waals surface area contributed by atoms with Crippen molar-refractivity contribution in [1.82, 2.24) is 19.6 Å². The van der Waals surface area contributed by atoms with E-state index in [0.29, 0.717) is 0 Å². The lowest BCUT2D eigenvalue weighted by atomic mass is 10.1. The molecule has 5 nitrogen and oxygen atoms in total. The van der Waals surface area contributed by atoms with E-state index in [9.17, 15) is 5.11 Å². The summed E-state index contributed by atoms with van der Waals surface area (Å²) in [4.78, 5) is 0. The Bertz CT molecular complexity index is 520. The Morgan fingerprint density at radius 2 is 2.11 bits per heavy atom. The molecule has 0 saturated heterocycles. The molecule has 0 aliphatic rings. The predicted molar refractivity (Wildman–Crippen MR) is 72.2 cm³/mol. The molecule has 0 saturated carbocycles. The van der Waals surface area contributed by atoms with Crippen LogP contribution in [-0.2, 0) is 13.1 Å². The minimum absolute atomic E-state index is 0.701. The average molecular weight is 313 g/mol. The molecule has 0 radical (unpaired) electrons. The molecule has 6 heteroatoms. The highest BCUT2D eigenvalue weighted by molar-refractivity contribution is 9.10. The first kappa shape index (κ1) is 13.3. The summed E-state index contributed by atoms with van der Waals surface area (Å²) >= 11 is 3.42. The van der Waals surface area contributed by atoms with Gasteiger partial charge in [0, 0.05) is 24.8 Å². The molecule has 0 aliphatic carbocycles. The predicted octanol–water partition coefficient (Wildman–Crippen LogP) is 2.35. The summed E-state index contributed by atoms with van der Waals surface area (Å²) < 4.78 is 4.45. The van der Waals surface area contributed by atoms with E-state index in [2.05, 4.69) is 33.1 Å². The van der Waals surface area contributed by atoms with E-state index in [1.807, 2.05) is 17.8 Å². The van der Waals surface area contributed by atoms with Gasteiger partial charge in [0.2, 0.25) is 0 Å². The van der Waals surface area contributed by atoms with E-state index in [4.69, 9.17) is 0 Å². The zero-order chi connectivity index (χ0) is 13.1. The Morgan fingerprint density at radius 1 is 1.33 bits per heavy atom. The number of halogens is 1. The normalized spacial score (nSPS) is 12.9. The first-order valence-electron chi connectivity index (χ1n) is 6.09. The van der Waals surface area contributed by atoms with Gasteiger partial charge in [-0.2, -0.15) is 10.2 Å². The number of hydrogen-bond donors (Lipinski definition) is 1. The summed E-state index contributed by atoms with van der Waals surface area (Å²) in [5.41, 5.74) is 1.56. The maximum Gasteiger partial charge on any atom is 0.125 e. The number of rotatable bonds is 5. The van der Waals surface area contributed by atoms with Crippen molar-refractivity contribution in [3.05, 3.63) is 34.3 Å². The maximum atomic E-state index is 10.4.